The summed E-state index contributed by atoms with van der Waals surface area (Å²) in [5, 5.41) is 21.7. The van der Waals surface area contributed by atoms with Crippen LogP contribution in [0, 0.1) is 10.1 Å². The van der Waals surface area contributed by atoms with Crippen molar-refractivity contribution < 1.29 is 10.0 Å². The van der Waals surface area contributed by atoms with Gasteiger partial charge in [0.15, 0.2) is 0 Å². The number of pyridine rings is 1. The summed E-state index contributed by atoms with van der Waals surface area (Å²) in [6.45, 7) is 0.149. The molecule has 0 bridgehead atoms. The van der Waals surface area contributed by atoms with Gasteiger partial charge < -0.3 is 15.7 Å². The van der Waals surface area contributed by atoms with Crippen molar-refractivity contribution in [3.8, 4) is 5.75 Å². The molecular weight excluding hydrogens is 324 g/mol. The van der Waals surface area contributed by atoms with Gasteiger partial charge in [-0.25, -0.2) is 9.97 Å². The maximum atomic E-state index is 11.5. The second kappa shape index (κ2) is 6.79. The van der Waals surface area contributed by atoms with Crippen LogP contribution in [0.1, 0.15) is 5.69 Å². The Morgan fingerprint density at radius 3 is 2.56 bits per heavy atom. The number of aromatic hydroxyl groups is 1. The van der Waals surface area contributed by atoms with Gasteiger partial charge in [0.2, 0.25) is 11.6 Å². The Balaban J connectivity index is 2.17. The number of nitrogen functional groups attached to an aromatic ring is 1. The minimum Gasteiger partial charge on any atom is -0.506 e. The third kappa shape index (κ3) is 3.29. The van der Waals surface area contributed by atoms with E-state index in [0.717, 1.165) is 6.33 Å². The molecule has 0 aliphatic carbocycles. The number of hydrogen-bond donors (Lipinski definition) is 2. The molecule has 9 nitrogen and oxygen atoms in total. The van der Waals surface area contributed by atoms with Crippen molar-refractivity contribution in [1.29, 1.82) is 0 Å². The topological polar surface area (TPSA) is 131 Å². The van der Waals surface area contributed by atoms with Gasteiger partial charge in [-0.05, 0) is 24.3 Å². The van der Waals surface area contributed by atoms with Crippen LogP contribution in [0.15, 0.2) is 55.0 Å². The Morgan fingerprint density at radius 1 is 1.12 bits per heavy atom. The molecule has 126 valence electrons. The van der Waals surface area contributed by atoms with E-state index in [4.69, 9.17) is 5.73 Å². The molecule has 1 aromatic carbocycles. The number of hydrogen-bond acceptors (Lipinski definition) is 8. The van der Waals surface area contributed by atoms with Gasteiger partial charge in [0.05, 0.1) is 22.8 Å². The predicted molar refractivity (Wildman–Crippen MR) is 91.3 cm³/mol. The number of phenols is 1. The highest BCUT2D eigenvalue weighted by molar-refractivity contribution is 5.76. The maximum absolute atomic E-state index is 11.5. The van der Waals surface area contributed by atoms with Crippen molar-refractivity contribution >= 4 is 23.0 Å². The van der Waals surface area contributed by atoms with Crippen LogP contribution in [0.25, 0.3) is 0 Å². The summed E-state index contributed by atoms with van der Waals surface area (Å²) in [5.74, 6) is -0.328. The van der Waals surface area contributed by atoms with Crippen LogP contribution in [0.4, 0.5) is 23.0 Å². The van der Waals surface area contributed by atoms with Crippen molar-refractivity contribution in [2.45, 2.75) is 6.54 Å². The number of anilines is 3. The van der Waals surface area contributed by atoms with Crippen LogP contribution >= 0.6 is 0 Å². The summed E-state index contributed by atoms with van der Waals surface area (Å²) < 4.78 is 0. The molecule has 0 spiro atoms. The predicted octanol–water partition coefficient (Wildman–Crippen LogP) is 2.41. The SMILES string of the molecule is Nc1ncnc(N(Cc2ccccn2)c2ccccc2O)c1[N+](=O)[O-]. The Labute approximate surface area is 142 Å². The molecule has 0 radical (unpaired) electrons. The first kappa shape index (κ1) is 16.1. The quantitative estimate of drug-likeness (QED) is 0.535. The highest BCUT2D eigenvalue weighted by Crippen LogP contribution is 2.38. The summed E-state index contributed by atoms with van der Waals surface area (Å²) in [4.78, 5) is 24.2. The Kier molecular flexibility index (Phi) is 4.38. The van der Waals surface area contributed by atoms with Crippen LogP contribution in [0.2, 0.25) is 0 Å². The molecule has 9 heteroatoms. The minimum atomic E-state index is -0.643. The lowest BCUT2D eigenvalue weighted by molar-refractivity contribution is -0.383. The first-order chi connectivity index (χ1) is 12.1. The number of nitro groups is 1. The molecule has 0 aliphatic heterocycles. The van der Waals surface area contributed by atoms with Gasteiger partial charge >= 0.3 is 5.69 Å². The molecular formula is C16H14N6O3. The van der Waals surface area contributed by atoms with Crippen molar-refractivity contribution in [2.24, 2.45) is 0 Å². The second-order valence-electron chi connectivity index (χ2n) is 5.08. The molecule has 3 rings (SSSR count). The van der Waals surface area contributed by atoms with E-state index in [1.165, 1.54) is 11.0 Å². The standard InChI is InChI=1S/C16H14N6O3/c17-15-14(22(24)25)16(20-10-19-15)21(9-11-5-3-4-8-18-11)12-6-1-2-7-13(12)23/h1-8,10,23H,9H2,(H2,17,19,20). The van der Waals surface area contributed by atoms with Crippen LogP contribution < -0.4 is 10.6 Å². The van der Waals surface area contributed by atoms with Crippen molar-refractivity contribution in [3.05, 3.63) is 70.8 Å². The maximum Gasteiger partial charge on any atom is 0.353 e. The fraction of sp³-hybridized carbons (Fsp3) is 0.0625. The monoisotopic (exact) mass is 338 g/mol. The van der Waals surface area contributed by atoms with Crippen molar-refractivity contribution in [1.82, 2.24) is 15.0 Å². The largest absolute Gasteiger partial charge is 0.506 e. The smallest absolute Gasteiger partial charge is 0.353 e. The van der Waals surface area contributed by atoms with Gasteiger partial charge in [-0.2, -0.15) is 0 Å². The lowest BCUT2D eigenvalue weighted by atomic mass is 10.2. The van der Waals surface area contributed by atoms with Gasteiger partial charge in [0.25, 0.3) is 0 Å². The number of benzene rings is 1. The third-order valence-corrected chi connectivity index (χ3v) is 3.49. The number of nitrogens with two attached hydrogens (primary N) is 1. The lowest BCUT2D eigenvalue weighted by Crippen LogP contribution is -2.20. The van der Waals surface area contributed by atoms with E-state index >= 15 is 0 Å². The number of rotatable bonds is 5. The Morgan fingerprint density at radius 2 is 1.88 bits per heavy atom. The molecule has 0 aliphatic rings. The zero-order valence-corrected chi connectivity index (χ0v) is 13.0. The molecule has 0 atom stereocenters. The lowest BCUT2D eigenvalue weighted by Gasteiger charge is -2.24. The highest BCUT2D eigenvalue weighted by Gasteiger charge is 2.28. The number of phenolic OH excluding ortho intramolecular Hbond substituents is 1. The van der Waals surface area contributed by atoms with Crippen LogP contribution in [-0.2, 0) is 6.54 Å². The van der Waals surface area contributed by atoms with E-state index in [1.54, 1.807) is 42.6 Å². The minimum absolute atomic E-state index is 0.0235. The zero-order valence-electron chi connectivity index (χ0n) is 13.0. The van der Waals surface area contributed by atoms with E-state index in [0.29, 0.717) is 11.4 Å². The summed E-state index contributed by atoms with van der Waals surface area (Å²) in [6.07, 6.45) is 2.75. The Hall–Kier alpha value is -3.75. The summed E-state index contributed by atoms with van der Waals surface area (Å²) in [5.41, 5.74) is 6.22. The van der Waals surface area contributed by atoms with Gasteiger partial charge in [-0.3, -0.25) is 15.1 Å². The first-order valence-electron chi connectivity index (χ1n) is 7.28. The van der Waals surface area contributed by atoms with E-state index in [2.05, 4.69) is 15.0 Å². The summed E-state index contributed by atoms with van der Waals surface area (Å²) in [6, 6.07) is 11.8. The molecule has 3 N–H and O–H groups in total. The number of para-hydroxylation sites is 2. The van der Waals surface area contributed by atoms with Gasteiger partial charge in [0.1, 0.15) is 12.1 Å². The van der Waals surface area contributed by atoms with Gasteiger partial charge in [0, 0.05) is 6.20 Å². The van der Waals surface area contributed by atoms with E-state index in [1.807, 2.05) is 0 Å². The zero-order chi connectivity index (χ0) is 17.8. The fourth-order valence-electron chi connectivity index (χ4n) is 2.38. The molecule has 2 aromatic heterocycles. The summed E-state index contributed by atoms with van der Waals surface area (Å²) >= 11 is 0. The summed E-state index contributed by atoms with van der Waals surface area (Å²) in [7, 11) is 0. The molecule has 0 saturated heterocycles. The number of nitrogens with zero attached hydrogens (tertiary/aromatic N) is 5. The normalized spacial score (nSPS) is 10.4. The highest BCUT2D eigenvalue weighted by atomic mass is 16.6. The van der Waals surface area contributed by atoms with Crippen molar-refractivity contribution in [3.63, 3.8) is 0 Å². The average Bonchev–Trinajstić information content (AvgIpc) is 2.61. The average molecular weight is 338 g/mol. The molecule has 0 saturated carbocycles. The fourth-order valence-corrected chi connectivity index (χ4v) is 2.38. The second-order valence-corrected chi connectivity index (χ2v) is 5.08. The third-order valence-electron chi connectivity index (χ3n) is 3.49. The molecule has 0 unspecified atom stereocenters. The van der Waals surface area contributed by atoms with Gasteiger partial charge in [-0.1, -0.05) is 18.2 Å². The van der Waals surface area contributed by atoms with E-state index in [-0.39, 0.29) is 23.9 Å². The molecule has 2 heterocycles. The van der Waals surface area contributed by atoms with Crippen LogP contribution in [0.5, 0.6) is 5.75 Å². The van der Waals surface area contributed by atoms with Crippen LogP contribution in [-0.4, -0.2) is 25.0 Å². The van der Waals surface area contributed by atoms with Crippen LogP contribution in [0.3, 0.4) is 0 Å². The first-order valence-corrected chi connectivity index (χ1v) is 7.28. The Bertz CT molecular complexity index is 903. The molecule has 3 aromatic rings. The molecule has 25 heavy (non-hydrogen) atoms. The molecule has 0 fully saturated rings. The van der Waals surface area contributed by atoms with Gasteiger partial charge in [-0.15, -0.1) is 0 Å². The molecule has 0 amide bonds. The van der Waals surface area contributed by atoms with Crippen molar-refractivity contribution in [2.75, 3.05) is 10.6 Å². The van der Waals surface area contributed by atoms with E-state index < -0.39 is 10.6 Å². The van der Waals surface area contributed by atoms with E-state index in [9.17, 15) is 15.2 Å². The number of aromatic nitrogens is 3.